The summed E-state index contributed by atoms with van der Waals surface area (Å²) >= 11 is 0. The van der Waals surface area contributed by atoms with Gasteiger partial charge in [0.1, 0.15) is 18.2 Å². The highest BCUT2D eigenvalue weighted by Gasteiger charge is 2.47. The SMILES string of the molecule is CN(C)C[C@H](NC(=O)OCC1c2ccccc2-c2ccccc21)C(=O)N1CCCC1(C)C(=O)O. The molecule has 8 nitrogen and oxygen atoms in total. The Morgan fingerprint density at radius 1 is 1.12 bits per heavy atom. The second-order valence-electron chi connectivity index (χ2n) is 9.46. The van der Waals surface area contributed by atoms with Crippen LogP contribution in [-0.4, -0.2) is 78.2 Å². The second kappa shape index (κ2) is 9.46. The molecule has 1 fully saturated rings. The minimum absolute atomic E-state index is 0.0879. The van der Waals surface area contributed by atoms with Crippen molar-refractivity contribution in [3.8, 4) is 11.1 Å². The van der Waals surface area contributed by atoms with Crippen LogP contribution in [0.4, 0.5) is 4.79 Å². The van der Waals surface area contributed by atoms with Gasteiger partial charge in [-0.25, -0.2) is 9.59 Å². The maximum atomic E-state index is 13.3. The van der Waals surface area contributed by atoms with Crippen molar-refractivity contribution in [3.63, 3.8) is 0 Å². The lowest BCUT2D eigenvalue weighted by atomic mass is 9.98. The number of nitrogens with one attached hydrogen (secondary N) is 1. The molecule has 1 saturated heterocycles. The topological polar surface area (TPSA) is 99.2 Å². The summed E-state index contributed by atoms with van der Waals surface area (Å²) in [6.07, 6.45) is 0.292. The molecule has 4 rings (SSSR count). The van der Waals surface area contributed by atoms with Crippen LogP contribution in [0, 0.1) is 0 Å². The second-order valence-corrected chi connectivity index (χ2v) is 9.46. The van der Waals surface area contributed by atoms with Crippen LogP contribution in [0.15, 0.2) is 48.5 Å². The summed E-state index contributed by atoms with van der Waals surface area (Å²) in [5.41, 5.74) is 3.20. The number of carboxylic acids is 1. The first-order valence-corrected chi connectivity index (χ1v) is 11.5. The van der Waals surface area contributed by atoms with Gasteiger partial charge < -0.3 is 25.0 Å². The van der Waals surface area contributed by atoms with Crippen molar-refractivity contribution >= 4 is 18.0 Å². The van der Waals surface area contributed by atoms with Gasteiger partial charge in [-0.15, -0.1) is 0 Å². The lowest BCUT2D eigenvalue weighted by molar-refractivity contribution is -0.156. The van der Waals surface area contributed by atoms with Gasteiger partial charge >= 0.3 is 12.1 Å². The number of ether oxygens (including phenoxy) is 1. The van der Waals surface area contributed by atoms with E-state index in [0.717, 1.165) is 22.3 Å². The Balaban J connectivity index is 1.46. The Morgan fingerprint density at radius 3 is 2.26 bits per heavy atom. The molecule has 1 aliphatic heterocycles. The Bertz CT molecular complexity index is 1060. The lowest BCUT2D eigenvalue weighted by Gasteiger charge is -2.34. The smallest absolute Gasteiger partial charge is 0.407 e. The number of carbonyl (C=O) groups is 3. The van der Waals surface area contributed by atoms with Gasteiger partial charge in [-0.05, 0) is 56.1 Å². The summed E-state index contributed by atoms with van der Waals surface area (Å²) in [6, 6.07) is 15.2. The van der Waals surface area contributed by atoms with Crippen molar-refractivity contribution in [1.82, 2.24) is 15.1 Å². The van der Waals surface area contributed by atoms with E-state index in [-0.39, 0.29) is 19.1 Å². The molecule has 34 heavy (non-hydrogen) atoms. The minimum atomic E-state index is -1.27. The summed E-state index contributed by atoms with van der Waals surface area (Å²) < 4.78 is 5.61. The summed E-state index contributed by atoms with van der Waals surface area (Å²) in [5, 5.41) is 12.4. The highest BCUT2D eigenvalue weighted by atomic mass is 16.5. The highest BCUT2D eigenvalue weighted by Crippen LogP contribution is 2.44. The summed E-state index contributed by atoms with van der Waals surface area (Å²) in [6.45, 7) is 2.27. The number of likely N-dealkylation sites (N-methyl/N-ethyl adjacent to an activating group) is 1. The Kier molecular flexibility index (Phi) is 6.61. The molecule has 8 heteroatoms. The number of carbonyl (C=O) groups excluding carboxylic acids is 2. The molecule has 2 aromatic rings. The molecular formula is C26H31N3O5. The van der Waals surface area contributed by atoms with Crippen molar-refractivity contribution in [2.75, 3.05) is 33.8 Å². The molecule has 1 aliphatic carbocycles. The lowest BCUT2D eigenvalue weighted by Crippen LogP contribution is -2.59. The predicted molar refractivity (Wildman–Crippen MR) is 128 cm³/mol. The number of alkyl carbamates (subject to hydrolysis) is 1. The van der Waals surface area contributed by atoms with Crippen LogP contribution in [0.25, 0.3) is 11.1 Å². The number of nitrogens with zero attached hydrogens (tertiary/aromatic N) is 2. The average molecular weight is 466 g/mol. The Morgan fingerprint density at radius 2 is 1.71 bits per heavy atom. The summed E-state index contributed by atoms with van der Waals surface area (Å²) in [4.78, 5) is 41.1. The van der Waals surface area contributed by atoms with Gasteiger partial charge in [-0.2, -0.15) is 0 Å². The van der Waals surface area contributed by atoms with Gasteiger partial charge in [0.25, 0.3) is 0 Å². The minimum Gasteiger partial charge on any atom is -0.480 e. The van der Waals surface area contributed by atoms with Crippen LogP contribution in [0.3, 0.4) is 0 Å². The molecule has 2 aromatic carbocycles. The average Bonchev–Trinajstić information content (AvgIpc) is 3.35. The van der Waals surface area contributed by atoms with Gasteiger partial charge in [0.15, 0.2) is 0 Å². The molecule has 2 amide bonds. The van der Waals surface area contributed by atoms with Crippen molar-refractivity contribution < 1.29 is 24.2 Å². The summed E-state index contributed by atoms with van der Waals surface area (Å²) in [7, 11) is 3.58. The van der Waals surface area contributed by atoms with Crippen LogP contribution in [0.2, 0.25) is 0 Å². The number of hydrogen-bond donors (Lipinski definition) is 2. The molecule has 2 aliphatic rings. The van der Waals surface area contributed by atoms with E-state index >= 15 is 0 Å². The maximum absolute atomic E-state index is 13.3. The first kappa shape index (κ1) is 23.8. The zero-order valence-electron chi connectivity index (χ0n) is 19.8. The number of fused-ring (bicyclic) bond motifs is 3. The molecule has 0 bridgehead atoms. The van der Waals surface area contributed by atoms with Gasteiger partial charge in [-0.1, -0.05) is 48.5 Å². The highest BCUT2D eigenvalue weighted by molar-refractivity contribution is 5.92. The third kappa shape index (κ3) is 4.37. The Labute approximate surface area is 199 Å². The van der Waals surface area contributed by atoms with E-state index in [1.165, 1.54) is 4.90 Å². The van der Waals surface area contributed by atoms with Gasteiger partial charge in [0.05, 0.1) is 0 Å². The molecule has 1 heterocycles. The third-order valence-electron chi connectivity index (χ3n) is 6.85. The molecule has 1 unspecified atom stereocenters. The molecular weight excluding hydrogens is 434 g/mol. The van der Waals surface area contributed by atoms with E-state index in [0.29, 0.717) is 19.4 Å². The van der Waals surface area contributed by atoms with Crippen LogP contribution in [0.1, 0.15) is 36.8 Å². The van der Waals surface area contributed by atoms with Gasteiger partial charge in [0, 0.05) is 19.0 Å². The molecule has 0 aromatic heterocycles. The van der Waals surface area contributed by atoms with Crippen LogP contribution in [-0.2, 0) is 14.3 Å². The number of likely N-dealkylation sites (tertiary alicyclic amines) is 1. The zero-order valence-corrected chi connectivity index (χ0v) is 19.8. The normalized spacial score (nSPS) is 20.1. The quantitative estimate of drug-likeness (QED) is 0.652. The van der Waals surface area contributed by atoms with E-state index in [1.807, 2.05) is 36.4 Å². The molecule has 2 atom stereocenters. The Hall–Kier alpha value is -3.39. The molecule has 180 valence electrons. The van der Waals surface area contributed by atoms with Crippen molar-refractivity contribution in [2.45, 2.75) is 37.3 Å². The maximum Gasteiger partial charge on any atom is 0.407 e. The third-order valence-corrected chi connectivity index (χ3v) is 6.85. The van der Waals surface area contributed by atoms with Gasteiger partial charge in [0.2, 0.25) is 5.91 Å². The van der Waals surface area contributed by atoms with Crippen LogP contribution in [0.5, 0.6) is 0 Å². The molecule has 0 saturated carbocycles. The fourth-order valence-electron chi connectivity index (χ4n) is 5.06. The largest absolute Gasteiger partial charge is 0.480 e. The van der Waals surface area contributed by atoms with Crippen molar-refractivity contribution in [3.05, 3.63) is 59.7 Å². The predicted octanol–water partition coefficient (Wildman–Crippen LogP) is 2.92. The number of benzene rings is 2. The van der Waals surface area contributed by atoms with Crippen LogP contribution >= 0.6 is 0 Å². The monoisotopic (exact) mass is 465 g/mol. The molecule has 0 radical (unpaired) electrons. The van der Waals surface area contributed by atoms with E-state index in [2.05, 4.69) is 17.4 Å². The number of aliphatic carboxylic acids is 1. The fourth-order valence-corrected chi connectivity index (χ4v) is 5.06. The van der Waals surface area contributed by atoms with Crippen molar-refractivity contribution in [2.24, 2.45) is 0 Å². The zero-order chi connectivity index (χ0) is 24.5. The number of amides is 2. The first-order valence-electron chi connectivity index (χ1n) is 11.5. The van der Waals surface area contributed by atoms with E-state index < -0.39 is 29.6 Å². The van der Waals surface area contributed by atoms with Crippen molar-refractivity contribution in [1.29, 1.82) is 0 Å². The summed E-state index contributed by atoms with van der Waals surface area (Å²) in [5.74, 6) is -1.54. The molecule has 0 spiro atoms. The number of rotatable bonds is 7. The van der Waals surface area contributed by atoms with E-state index in [4.69, 9.17) is 4.74 Å². The fraction of sp³-hybridized carbons (Fsp3) is 0.423. The first-order chi connectivity index (χ1) is 16.2. The molecule has 2 N–H and O–H groups in total. The van der Waals surface area contributed by atoms with E-state index in [1.54, 1.807) is 25.9 Å². The number of carboxylic acid groups (broad SMARTS) is 1. The van der Waals surface area contributed by atoms with E-state index in [9.17, 15) is 19.5 Å². The van der Waals surface area contributed by atoms with Gasteiger partial charge in [-0.3, -0.25) is 4.79 Å². The van der Waals surface area contributed by atoms with Crippen LogP contribution < -0.4 is 5.32 Å². The number of hydrogen-bond acceptors (Lipinski definition) is 5. The standard InChI is InChI=1S/C26H31N3O5/c1-26(24(31)32)13-8-14-29(26)23(30)22(15-28(2)3)27-25(33)34-16-21-19-11-6-4-9-17(19)18-10-5-7-12-20(18)21/h4-7,9-12,21-22H,8,13-16H2,1-3H3,(H,27,33)(H,31,32)/t22-,26?/m0/s1.